The van der Waals surface area contributed by atoms with Crippen molar-refractivity contribution in [2.75, 3.05) is 7.11 Å². The molecule has 1 aliphatic heterocycles. The summed E-state index contributed by atoms with van der Waals surface area (Å²) in [5.41, 5.74) is -0.0929. The van der Waals surface area contributed by atoms with Crippen LogP contribution in [0.25, 0.3) is 0 Å². The minimum Gasteiger partial charge on any atom is -0.484 e. The van der Waals surface area contributed by atoms with E-state index in [1.165, 1.54) is 12.1 Å². The van der Waals surface area contributed by atoms with Crippen LogP contribution >= 0.6 is 0 Å². The Labute approximate surface area is 100 Å². The minimum absolute atomic E-state index is 0.157. The zero-order valence-corrected chi connectivity index (χ0v) is 10.2. The van der Waals surface area contributed by atoms with Crippen LogP contribution in [0.2, 0.25) is 0 Å². The zero-order chi connectivity index (χ0) is 12.6. The molecule has 0 spiro atoms. The molecule has 0 saturated heterocycles. The van der Waals surface area contributed by atoms with Crippen molar-refractivity contribution < 1.29 is 19.0 Å². The summed E-state index contributed by atoms with van der Waals surface area (Å²) in [5.74, 6) is 0.159. The van der Waals surface area contributed by atoms with Gasteiger partial charge in [0.05, 0.1) is 12.2 Å². The minimum atomic E-state index is -0.725. The largest absolute Gasteiger partial charge is 0.484 e. The third-order valence-electron chi connectivity index (χ3n) is 3.49. The molecule has 0 fully saturated rings. The number of rotatable bonds is 2. The maximum atomic E-state index is 13.1. The summed E-state index contributed by atoms with van der Waals surface area (Å²) < 4.78 is 24.2. The smallest absolute Gasteiger partial charge is 0.135 e. The molecule has 2 unspecified atom stereocenters. The summed E-state index contributed by atoms with van der Waals surface area (Å²) in [6, 6.07) is 4.19. The van der Waals surface area contributed by atoms with E-state index in [1.807, 2.05) is 13.8 Å². The molecule has 1 aromatic rings. The number of fused-ring (bicyclic) bond motifs is 1. The molecule has 1 aliphatic rings. The average Bonchev–Trinajstić information content (AvgIpc) is 2.29. The highest BCUT2D eigenvalue weighted by Crippen LogP contribution is 2.41. The normalized spacial score (nSPS) is 29.4. The molecule has 0 saturated carbocycles. The first-order valence-corrected chi connectivity index (χ1v) is 5.65. The number of ether oxygens (including phenoxy) is 2. The summed E-state index contributed by atoms with van der Waals surface area (Å²) >= 11 is 0. The first kappa shape index (κ1) is 12.3. The van der Waals surface area contributed by atoms with Gasteiger partial charge in [0, 0.05) is 19.1 Å². The van der Waals surface area contributed by atoms with E-state index in [0.29, 0.717) is 17.7 Å². The van der Waals surface area contributed by atoms with Crippen molar-refractivity contribution in [3.8, 4) is 5.75 Å². The van der Waals surface area contributed by atoms with Gasteiger partial charge < -0.3 is 14.6 Å². The number of aliphatic hydroxyl groups is 1. The standard InChI is InChI=1S/C13H17FO3/c1-8(16-3)13(2)7-11(15)10-6-9(14)4-5-12(10)17-13/h4-6,8,11,15H,7H2,1-3H3/t8?,11-,13?/m1/s1. The highest BCUT2D eigenvalue weighted by molar-refractivity contribution is 5.38. The third kappa shape index (κ3) is 2.15. The second kappa shape index (κ2) is 4.27. The van der Waals surface area contributed by atoms with E-state index in [9.17, 15) is 9.50 Å². The molecule has 0 aromatic heterocycles. The van der Waals surface area contributed by atoms with Gasteiger partial charge in [-0.05, 0) is 32.0 Å². The van der Waals surface area contributed by atoms with Crippen LogP contribution in [-0.2, 0) is 4.74 Å². The Morgan fingerprint density at radius 2 is 2.29 bits per heavy atom. The fraction of sp³-hybridized carbons (Fsp3) is 0.538. The van der Waals surface area contributed by atoms with E-state index in [0.717, 1.165) is 0 Å². The fourth-order valence-corrected chi connectivity index (χ4v) is 2.16. The molecule has 1 aromatic carbocycles. The van der Waals surface area contributed by atoms with Gasteiger partial charge in [0.15, 0.2) is 0 Å². The van der Waals surface area contributed by atoms with E-state index >= 15 is 0 Å². The Bertz CT molecular complexity index is 421. The Balaban J connectivity index is 2.36. The molecule has 4 heteroatoms. The maximum absolute atomic E-state index is 13.1. The van der Waals surface area contributed by atoms with Crippen LogP contribution in [0, 0.1) is 5.82 Å². The van der Waals surface area contributed by atoms with Gasteiger partial charge in [0.1, 0.15) is 17.2 Å². The fourth-order valence-electron chi connectivity index (χ4n) is 2.16. The van der Waals surface area contributed by atoms with Crippen LogP contribution < -0.4 is 4.74 Å². The molecule has 3 nitrogen and oxygen atoms in total. The van der Waals surface area contributed by atoms with Crippen LogP contribution in [-0.4, -0.2) is 23.9 Å². The van der Waals surface area contributed by atoms with Crippen molar-refractivity contribution in [1.29, 1.82) is 0 Å². The second-order valence-corrected chi connectivity index (χ2v) is 4.69. The van der Waals surface area contributed by atoms with Crippen LogP contribution in [0.1, 0.15) is 31.9 Å². The van der Waals surface area contributed by atoms with E-state index in [-0.39, 0.29) is 11.9 Å². The van der Waals surface area contributed by atoms with Gasteiger partial charge in [-0.15, -0.1) is 0 Å². The average molecular weight is 240 g/mol. The number of halogens is 1. The predicted octanol–water partition coefficient (Wildman–Crippen LogP) is 2.44. The Kier molecular flexibility index (Phi) is 3.10. The van der Waals surface area contributed by atoms with E-state index in [1.54, 1.807) is 13.2 Å². The topological polar surface area (TPSA) is 38.7 Å². The number of aliphatic hydroxyl groups excluding tert-OH is 1. The number of benzene rings is 1. The number of methoxy groups -OCH3 is 1. The molecule has 17 heavy (non-hydrogen) atoms. The van der Waals surface area contributed by atoms with Crippen molar-refractivity contribution in [2.24, 2.45) is 0 Å². The number of hydrogen-bond donors (Lipinski definition) is 1. The van der Waals surface area contributed by atoms with Gasteiger partial charge in [0.25, 0.3) is 0 Å². The second-order valence-electron chi connectivity index (χ2n) is 4.69. The Hall–Kier alpha value is -1.13. The summed E-state index contributed by atoms with van der Waals surface area (Å²) in [7, 11) is 1.60. The van der Waals surface area contributed by atoms with E-state index < -0.39 is 11.7 Å². The molecular weight excluding hydrogens is 223 g/mol. The molecule has 0 amide bonds. The Morgan fingerprint density at radius 3 is 2.94 bits per heavy atom. The molecule has 3 atom stereocenters. The molecule has 94 valence electrons. The lowest BCUT2D eigenvalue weighted by molar-refractivity contribution is -0.0920. The molecule has 1 N–H and O–H groups in total. The lowest BCUT2D eigenvalue weighted by Gasteiger charge is -2.41. The third-order valence-corrected chi connectivity index (χ3v) is 3.49. The maximum Gasteiger partial charge on any atom is 0.135 e. The first-order valence-electron chi connectivity index (χ1n) is 5.65. The quantitative estimate of drug-likeness (QED) is 0.862. The molecule has 1 heterocycles. The van der Waals surface area contributed by atoms with Crippen LogP contribution in [0.4, 0.5) is 4.39 Å². The molecule has 0 radical (unpaired) electrons. The van der Waals surface area contributed by atoms with Crippen molar-refractivity contribution >= 4 is 0 Å². The van der Waals surface area contributed by atoms with Gasteiger partial charge in [-0.2, -0.15) is 0 Å². The molecule has 0 bridgehead atoms. The van der Waals surface area contributed by atoms with E-state index in [2.05, 4.69) is 0 Å². The molecule has 0 aliphatic carbocycles. The SMILES string of the molecule is COC(C)C1(C)C[C@@H](O)c2cc(F)ccc2O1. The summed E-state index contributed by atoms with van der Waals surface area (Å²) in [5, 5.41) is 10.1. The van der Waals surface area contributed by atoms with E-state index in [4.69, 9.17) is 9.47 Å². The van der Waals surface area contributed by atoms with Crippen molar-refractivity contribution in [3.05, 3.63) is 29.6 Å². The number of hydrogen-bond acceptors (Lipinski definition) is 3. The van der Waals surface area contributed by atoms with Crippen molar-refractivity contribution in [2.45, 2.75) is 38.1 Å². The van der Waals surface area contributed by atoms with Crippen LogP contribution in [0.5, 0.6) is 5.75 Å². The summed E-state index contributed by atoms with van der Waals surface area (Å²) in [6.07, 6.45) is -0.495. The first-order chi connectivity index (χ1) is 7.96. The van der Waals surface area contributed by atoms with Crippen LogP contribution in [0.3, 0.4) is 0 Å². The lowest BCUT2D eigenvalue weighted by atomic mass is 9.86. The summed E-state index contributed by atoms with van der Waals surface area (Å²) in [6.45, 7) is 3.78. The lowest BCUT2D eigenvalue weighted by Crippen LogP contribution is -2.47. The summed E-state index contributed by atoms with van der Waals surface area (Å²) in [4.78, 5) is 0. The highest BCUT2D eigenvalue weighted by Gasteiger charge is 2.41. The molecular formula is C13H17FO3. The van der Waals surface area contributed by atoms with Gasteiger partial charge in [-0.3, -0.25) is 0 Å². The van der Waals surface area contributed by atoms with Crippen LogP contribution in [0.15, 0.2) is 18.2 Å². The Morgan fingerprint density at radius 1 is 1.59 bits per heavy atom. The van der Waals surface area contributed by atoms with Crippen molar-refractivity contribution in [1.82, 2.24) is 0 Å². The van der Waals surface area contributed by atoms with Crippen molar-refractivity contribution in [3.63, 3.8) is 0 Å². The van der Waals surface area contributed by atoms with Gasteiger partial charge in [0.2, 0.25) is 0 Å². The van der Waals surface area contributed by atoms with Gasteiger partial charge in [-0.25, -0.2) is 4.39 Å². The van der Waals surface area contributed by atoms with Gasteiger partial charge >= 0.3 is 0 Å². The van der Waals surface area contributed by atoms with Gasteiger partial charge in [-0.1, -0.05) is 0 Å². The molecule has 2 rings (SSSR count). The predicted molar refractivity (Wildman–Crippen MR) is 61.5 cm³/mol. The highest BCUT2D eigenvalue weighted by atomic mass is 19.1. The monoisotopic (exact) mass is 240 g/mol. The zero-order valence-electron chi connectivity index (χ0n) is 10.2.